The van der Waals surface area contributed by atoms with Gasteiger partial charge in [0.2, 0.25) is 0 Å². The zero-order valence-corrected chi connectivity index (χ0v) is 32.7. The van der Waals surface area contributed by atoms with E-state index in [9.17, 15) is 14.7 Å². The molecule has 5 nitrogen and oxygen atoms in total. The van der Waals surface area contributed by atoms with Crippen molar-refractivity contribution in [1.82, 2.24) is 0 Å². The molecule has 0 heterocycles. The van der Waals surface area contributed by atoms with Gasteiger partial charge in [0.05, 0.1) is 6.61 Å². The number of carbonyl (C=O) groups excluding carboxylic acids is 2. The van der Waals surface area contributed by atoms with E-state index in [-0.39, 0.29) is 25.2 Å². The molecule has 0 amide bonds. The van der Waals surface area contributed by atoms with Crippen molar-refractivity contribution >= 4 is 11.9 Å². The van der Waals surface area contributed by atoms with E-state index in [1.165, 1.54) is 173 Å². The summed E-state index contributed by atoms with van der Waals surface area (Å²) in [7, 11) is 0. The number of aliphatic hydroxyl groups is 1. The molecule has 0 aromatic heterocycles. The Labute approximate surface area is 299 Å². The molecule has 0 aliphatic heterocycles. The molecule has 0 aliphatic rings. The quantitative estimate of drug-likeness (QED) is 0.0517. The van der Waals surface area contributed by atoms with Crippen LogP contribution in [-0.4, -0.2) is 36.4 Å². The van der Waals surface area contributed by atoms with Crippen LogP contribution in [0.5, 0.6) is 0 Å². The van der Waals surface area contributed by atoms with E-state index in [1.807, 2.05) is 0 Å². The lowest BCUT2D eigenvalue weighted by atomic mass is 10.0. The number of esters is 2. The van der Waals surface area contributed by atoms with Gasteiger partial charge < -0.3 is 14.6 Å². The lowest BCUT2D eigenvalue weighted by Crippen LogP contribution is -2.28. The van der Waals surface area contributed by atoms with Gasteiger partial charge in [0.25, 0.3) is 0 Å². The van der Waals surface area contributed by atoms with Crippen LogP contribution in [0.15, 0.2) is 0 Å². The smallest absolute Gasteiger partial charge is 0.306 e. The molecule has 0 spiro atoms. The molecule has 0 fully saturated rings. The molecule has 286 valence electrons. The summed E-state index contributed by atoms with van der Waals surface area (Å²) in [6, 6.07) is 0. The van der Waals surface area contributed by atoms with Crippen LogP contribution < -0.4 is 0 Å². The van der Waals surface area contributed by atoms with Gasteiger partial charge in [-0.25, -0.2) is 0 Å². The summed E-state index contributed by atoms with van der Waals surface area (Å²) in [4.78, 5) is 24.3. The Morgan fingerprint density at radius 3 is 1.10 bits per heavy atom. The third-order valence-electron chi connectivity index (χ3n) is 9.83. The molecular formula is C43H84O5. The minimum Gasteiger partial charge on any atom is -0.462 e. The largest absolute Gasteiger partial charge is 0.462 e. The van der Waals surface area contributed by atoms with Crippen LogP contribution in [0.2, 0.25) is 0 Å². The van der Waals surface area contributed by atoms with Crippen molar-refractivity contribution < 1.29 is 24.2 Å². The number of hydrogen-bond donors (Lipinski definition) is 1. The Hall–Kier alpha value is -1.10. The Morgan fingerprint density at radius 1 is 0.458 bits per heavy atom. The van der Waals surface area contributed by atoms with Gasteiger partial charge >= 0.3 is 11.9 Å². The minimum atomic E-state index is -0.762. The summed E-state index contributed by atoms with van der Waals surface area (Å²) in [6.45, 7) is 6.53. The third-order valence-corrected chi connectivity index (χ3v) is 9.83. The predicted molar refractivity (Wildman–Crippen MR) is 205 cm³/mol. The van der Waals surface area contributed by atoms with Crippen LogP contribution in [0.25, 0.3) is 0 Å². The fourth-order valence-corrected chi connectivity index (χ4v) is 6.56. The molecule has 0 radical (unpaired) electrons. The Kier molecular flexibility index (Phi) is 37.8. The van der Waals surface area contributed by atoms with E-state index in [1.54, 1.807) is 0 Å². The summed E-state index contributed by atoms with van der Waals surface area (Å²) in [5.41, 5.74) is 0. The van der Waals surface area contributed by atoms with Gasteiger partial charge in [-0.05, 0) is 18.8 Å². The summed E-state index contributed by atoms with van der Waals surface area (Å²) < 4.78 is 10.6. The maximum absolute atomic E-state index is 12.2. The molecule has 1 N–H and O–H groups in total. The summed E-state index contributed by atoms with van der Waals surface area (Å²) in [5.74, 6) is 0.282. The number of ether oxygens (including phenoxy) is 2. The highest BCUT2D eigenvalue weighted by Gasteiger charge is 2.16. The number of unbranched alkanes of at least 4 members (excludes halogenated alkanes) is 29. The Bertz CT molecular complexity index is 664. The summed E-state index contributed by atoms with van der Waals surface area (Å²) in [6.07, 6.45) is 41.7. The highest BCUT2D eigenvalue weighted by atomic mass is 16.6. The van der Waals surface area contributed by atoms with Crippen molar-refractivity contribution in [2.24, 2.45) is 5.92 Å². The van der Waals surface area contributed by atoms with Crippen LogP contribution in [0, 0.1) is 5.92 Å². The fourth-order valence-electron chi connectivity index (χ4n) is 6.56. The van der Waals surface area contributed by atoms with E-state index in [2.05, 4.69) is 20.8 Å². The summed E-state index contributed by atoms with van der Waals surface area (Å²) >= 11 is 0. The van der Waals surface area contributed by atoms with Crippen molar-refractivity contribution in [3.05, 3.63) is 0 Å². The molecule has 0 unspecified atom stereocenters. The lowest BCUT2D eigenvalue weighted by molar-refractivity contribution is -0.161. The zero-order valence-electron chi connectivity index (χ0n) is 32.7. The molecule has 0 aliphatic carbocycles. The first-order valence-electron chi connectivity index (χ1n) is 21.5. The van der Waals surface area contributed by atoms with Gasteiger partial charge in [-0.15, -0.1) is 0 Å². The molecule has 48 heavy (non-hydrogen) atoms. The Balaban J connectivity index is 3.47. The van der Waals surface area contributed by atoms with Gasteiger partial charge in [0.1, 0.15) is 6.61 Å². The van der Waals surface area contributed by atoms with Crippen LogP contribution in [0.4, 0.5) is 0 Å². The van der Waals surface area contributed by atoms with E-state index in [4.69, 9.17) is 9.47 Å². The normalized spacial score (nSPS) is 12.1. The van der Waals surface area contributed by atoms with Crippen LogP contribution in [0.3, 0.4) is 0 Å². The van der Waals surface area contributed by atoms with Crippen molar-refractivity contribution in [1.29, 1.82) is 0 Å². The van der Waals surface area contributed by atoms with Gasteiger partial charge in [-0.3, -0.25) is 9.59 Å². The third kappa shape index (κ3) is 37.7. The molecule has 0 saturated heterocycles. The highest BCUT2D eigenvalue weighted by molar-refractivity contribution is 5.70. The van der Waals surface area contributed by atoms with Crippen molar-refractivity contribution in [2.45, 2.75) is 245 Å². The first-order chi connectivity index (χ1) is 23.5. The van der Waals surface area contributed by atoms with Gasteiger partial charge in [-0.2, -0.15) is 0 Å². The number of carbonyl (C=O) groups is 2. The number of hydrogen-bond acceptors (Lipinski definition) is 5. The molecule has 0 aromatic rings. The van der Waals surface area contributed by atoms with Crippen LogP contribution >= 0.6 is 0 Å². The highest BCUT2D eigenvalue weighted by Crippen LogP contribution is 2.16. The lowest BCUT2D eigenvalue weighted by Gasteiger charge is -2.15. The summed E-state index contributed by atoms with van der Waals surface area (Å²) in [5, 5.41) is 9.57. The SMILES string of the molecule is CCCCCCCCCCCCCCCCCCC(=O)O[C@@H](CO)COC(=O)CCCCCCCCCCCCCCCCCC(C)C. The first-order valence-corrected chi connectivity index (χ1v) is 21.5. The standard InChI is InChI=1S/C43H84O5/c1-4-5-6-7-8-9-10-11-12-15-19-22-25-28-31-34-37-43(46)48-41(38-44)39-47-42(45)36-33-30-27-24-21-18-16-13-14-17-20-23-26-29-32-35-40(2)3/h40-41,44H,4-39H2,1-3H3/t41-/m0/s1. The molecule has 0 rings (SSSR count). The fraction of sp³-hybridized carbons (Fsp3) is 0.953. The van der Waals surface area contributed by atoms with Gasteiger partial charge in [-0.1, -0.05) is 213 Å². The minimum absolute atomic E-state index is 0.0572. The Morgan fingerprint density at radius 2 is 0.771 bits per heavy atom. The molecule has 0 saturated carbocycles. The van der Waals surface area contributed by atoms with E-state index in [0.29, 0.717) is 12.8 Å². The van der Waals surface area contributed by atoms with Crippen molar-refractivity contribution in [2.75, 3.05) is 13.2 Å². The monoisotopic (exact) mass is 681 g/mol. The number of aliphatic hydroxyl groups excluding tert-OH is 1. The molecule has 0 bridgehead atoms. The topological polar surface area (TPSA) is 72.8 Å². The first kappa shape index (κ1) is 46.9. The second-order valence-corrected chi connectivity index (χ2v) is 15.3. The maximum atomic E-state index is 12.2. The maximum Gasteiger partial charge on any atom is 0.306 e. The van der Waals surface area contributed by atoms with E-state index >= 15 is 0 Å². The van der Waals surface area contributed by atoms with Crippen molar-refractivity contribution in [3.63, 3.8) is 0 Å². The van der Waals surface area contributed by atoms with E-state index < -0.39 is 6.10 Å². The number of rotatable bonds is 39. The van der Waals surface area contributed by atoms with Gasteiger partial charge in [0, 0.05) is 12.8 Å². The second kappa shape index (κ2) is 38.7. The zero-order chi connectivity index (χ0) is 35.2. The average molecular weight is 681 g/mol. The predicted octanol–water partition coefficient (Wildman–Crippen LogP) is 13.4. The van der Waals surface area contributed by atoms with Crippen LogP contribution in [-0.2, 0) is 19.1 Å². The van der Waals surface area contributed by atoms with Crippen LogP contribution in [0.1, 0.15) is 239 Å². The van der Waals surface area contributed by atoms with E-state index in [0.717, 1.165) is 38.0 Å². The van der Waals surface area contributed by atoms with Gasteiger partial charge in [0.15, 0.2) is 6.10 Å². The molecular weight excluding hydrogens is 596 g/mol. The molecule has 1 atom stereocenters. The average Bonchev–Trinajstić information content (AvgIpc) is 3.07. The molecule has 5 heteroatoms. The van der Waals surface area contributed by atoms with Crippen molar-refractivity contribution in [3.8, 4) is 0 Å². The second-order valence-electron chi connectivity index (χ2n) is 15.3. The molecule has 0 aromatic carbocycles.